The van der Waals surface area contributed by atoms with Gasteiger partial charge in [0.1, 0.15) is 0 Å². The number of rotatable bonds is 14. The molecule has 0 rings (SSSR count). The largest absolute Gasteiger partial charge is 0.462 e. The summed E-state index contributed by atoms with van der Waals surface area (Å²) in [7, 11) is 0. The van der Waals surface area contributed by atoms with Crippen molar-refractivity contribution in [3.63, 3.8) is 0 Å². The van der Waals surface area contributed by atoms with E-state index in [0.29, 0.717) is 6.61 Å². The molecule has 0 unspecified atom stereocenters. The minimum Gasteiger partial charge on any atom is -0.462 e. The van der Waals surface area contributed by atoms with Crippen molar-refractivity contribution < 1.29 is 9.53 Å². The van der Waals surface area contributed by atoms with Gasteiger partial charge < -0.3 is 4.74 Å². The average molecular weight is 296 g/mol. The minimum atomic E-state index is -0.128. The Kier molecular flexibility index (Phi) is 15.0. The summed E-state index contributed by atoms with van der Waals surface area (Å²) >= 11 is 0. The van der Waals surface area contributed by atoms with Crippen LogP contribution in [0, 0.1) is 0 Å². The van der Waals surface area contributed by atoms with Crippen molar-refractivity contribution in [3.8, 4) is 0 Å². The first-order valence-electron chi connectivity index (χ1n) is 9.06. The van der Waals surface area contributed by atoms with E-state index in [1.165, 1.54) is 64.2 Å². The van der Waals surface area contributed by atoms with Gasteiger partial charge in [-0.25, -0.2) is 4.79 Å². The third-order valence-corrected chi connectivity index (χ3v) is 3.81. The molecule has 0 aromatic carbocycles. The summed E-state index contributed by atoms with van der Waals surface area (Å²) in [5.41, 5.74) is 0.775. The van der Waals surface area contributed by atoms with Crippen molar-refractivity contribution in [2.75, 3.05) is 6.61 Å². The van der Waals surface area contributed by atoms with Crippen molar-refractivity contribution in [1.29, 1.82) is 0 Å². The molecule has 0 N–H and O–H groups in total. The summed E-state index contributed by atoms with van der Waals surface area (Å²) in [5.74, 6) is -0.128. The zero-order valence-corrected chi connectivity index (χ0v) is 14.6. The van der Waals surface area contributed by atoms with Gasteiger partial charge in [-0.05, 0) is 26.2 Å². The maximum absolute atomic E-state index is 11.7. The predicted octanol–water partition coefficient (Wildman–Crippen LogP) is 6.20. The second kappa shape index (κ2) is 15.6. The lowest BCUT2D eigenvalue weighted by Crippen LogP contribution is -2.07. The molecule has 0 saturated heterocycles. The molecule has 2 heteroatoms. The lowest BCUT2D eigenvalue weighted by molar-refractivity contribution is -0.139. The molecule has 0 saturated carbocycles. The van der Waals surface area contributed by atoms with E-state index in [9.17, 15) is 4.79 Å². The Morgan fingerprint density at radius 2 is 1.33 bits per heavy atom. The summed E-state index contributed by atoms with van der Waals surface area (Å²) in [5, 5.41) is 0. The Morgan fingerprint density at radius 1 is 0.810 bits per heavy atom. The molecule has 0 aliphatic heterocycles. The first kappa shape index (κ1) is 20.2. The normalized spacial score (nSPS) is 11.7. The molecule has 2 nitrogen and oxygen atoms in total. The lowest BCUT2D eigenvalue weighted by atomic mass is 10.1. The van der Waals surface area contributed by atoms with Crippen LogP contribution < -0.4 is 0 Å². The summed E-state index contributed by atoms with van der Waals surface area (Å²) in [4.78, 5) is 11.7. The third-order valence-electron chi connectivity index (χ3n) is 3.81. The maximum atomic E-state index is 11.7. The summed E-state index contributed by atoms with van der Waals surface area (Å²) in [6.45, 7) is 6.89. The SMILES string of the molecule is CCCCCCCCC=C(C)C(=O)OCCCCCCC. The number of carbonyl (C=O) groups excluding carboxylic acids is 1. The molecular weight excluding hydrogens is 260 g/mol. The van der Waals surface area contributed by atoms with E-state index in [4.69, 9.17) is 4.74 Å². The minimum absolute atomic E-state index is 0.128. The number of hydrogen-bond donors (Lipinski definition) is 0. The van der Waals surface area contributed by atoms with E-state index in [0.717, 1.165) is 18.4 Å². The van der Waals surface area contributed by atoms with Crippen LogP contribution in [0.1, 0.15) is 97.8 Å². The quantitative estimate of drug-likeness (QED) is 0.217. The summed E-state index contributed by atoms with van der Waals surface area (Å²) in [6, 6.07) is 0. The van der Waals surface area contributed by atoms with Crippen molar-refractivity contribution in [1.82, 2.24) is 0 Å². The first-order valence-corrected chi connectivity index (χ1v) is 9.06. The van der Waals surface area contributed by atoms with Crippen LogP contribution in [0.5, 0.6) is 0 Å². The second-order valence-electron chi connectivity index (χ2n) is 5.99. The molecule has 0 atom stereocenters. The molecule has 0 amide bonds. The predicted molar refractivity (Wildman–Crippen MR) is 91.5 cm³/mol. The molecule has 0 bridgehead atoms. The Balaban J connectivity index is 3.52. The van der Waals surface area contributed by atoms with E-state index in [-0.39, 0.29) is 5.97 Å². The van der Waals surface area contributed by atoms with Gasteiger partial charge in [0, 0.05) is 5.57 Å². The molecule has 124 valence electrons. The smallest absolute Gasteiger partial charge is 0.333 e. The Hall–Kier alpha value is -0.790. The van der Waals surface area contributed by atoms with Gasteiger partial charge in [0.2, 0.25) is 0 Å². The molecule has 0 spiro atoms. The van der Waals surface area contributed by atoms with Crippen LogP contribution in [-0.4, -0.2) is 12.6 Å². The Morgan fingerprint density at radius 3 is 1.95 bits per heavy atom. The van der Waals surface area contributed by atoms with Crippen LogP contribution in [0.15, 0.2) is 11.6 Å². The molecule has 0 radical (unpaired) electrons. The first-order chi connectivity index (χ1) is 10.2. The van der Waals surface area contributed by atoms with Crippen molar-refractivity contribution in [2.45, 2.75) is 97.8 Å². The van der Waals surface area contributed by atoms with Gasteiger partial charge in [-0.15, -0.1) is 0 Å². The van der Waals surface area contributed by atoms with E-state index < -0.39 is 0 Å². The number of esters is 1. The van der Waals surface area contributed by atoms with E-state index in [1.54, 1.807) is 0 Å². The lowest BCUT2D eigenvalue weighted by Gasteiger charge is -2.05. The molecule has 0 aliphatic rings. The standard InChI is InChI=1S/C19H36O2/c1-4-6-8-10-11-12-14-16-18(3)19(20)21-17-15-13-9-7-5-2/h16H,4-15,17H2,1-3H3. The monoisotopic (exact) mass is 296 g/mol. The van der Waals surface area contributed by atoms with Gasteiger partial charge in [-0.2, -0.15) is 0 Å². The number of ether oxygens (including phenoxy) is 1. The summed E-state index contributed by atoms with van der Waals surface area (Å²) < 4.78 is 5.29. The van der Waals surface area contributed by atoms with Gasteiger partial charge in [-0.1, -0.05) is 77.7 Å². The van der Waals surface area contributed by atoms with Crippen LogP contribution in [0.2, 0.25) is 0 Å². The van der Waals surface area contributed by atoms with Crippen molar-refractivity contribution in [3.05, 3.63) is 11.6 Å². The number of unbranched alkanes of at least 4 members (excludes halogenated alkanes) is 10. The average Bonchev–Trinajstić information content (AvgIpc) is 2.49. The van der Waals surface area contributed by atoms with Crippen LogP contribution in [0.3, 0.4) is 0 Å². The molecule has 0 fully saturated rings. The van der Waals surface area contributed by atoms with E-state index in [2.05, 4.69) is 13.8 Å². The molecule has 21 heavy (non-hydrogen) atoms. The highest BCUT2D eigenvalue weighted by Gasteiger charge is 2.04. The Bertz CT molecular complexity index is 269. The maximum Gasteiger partial charge on any atom is 0.333 e. The zero-order valence-electron chi connectivity index (χ0n) is 14.6. The molecule has 0 aromatic rings. The van der Waals surface area contributed by atoms with Crippen LogP contribution in [-0.2, 0) is 9.53 Å². The van der Waals surface area contributed by atoms with Gasteiger partial charge in [0.25, 0.3) is 0 Å². The summed E-state index contributed by atoms with van der Waals surface area (Å²) in [6.07, 6.45) is 16.8. The van der Waals surface area contributed by atoms with Crippen molar-refractivity contribution >= 4 is 5.97 Å². The molecule has 0 aliphatic carbocycles. The highest BCUT2D eigenvalue weighted by Crippen LogP contribution is 2.09. The van der Waals surface area contributed by atoms with Gasteiger partial charge in [-0.3, -0.25) is 0 Å². The third kappa shape index (κ3) is 13.9. The van der Waals surface area contributed by atoms with Gasteiger partial charge >= 0.3 is 5.97 Å². The highest BCUT2D eigenvalue weighted by molar-refractivity contribution is 5.87. The molecule has 0 heterocycles. The Labute approximate surface area is 132 Å². The van der Waals surface area contributed by atoms with E-state index >= 15 is 0 Å². The molecular formula is C19H36O2. The van der Waals surface area contributed by atoms with Gasteiger partial charge in [0.15, 0.2) is 0 Å². The zero-order chi connectivity index (χ0) is 15.8. The molecule has 0 aromatic heterocycles. The fourth-order valence-electron chi connectivity index (χ4n) is 2.31. The van der Waals surface area contributed by atoms with Crippen LogP contribution in [0.25, 0.3) is 0 Å². The second-order valence-corrected chi connectivity index (χ2v) is 5.99. The number of hydrogen-bond acceptors (Lipinski definition) is 2. The fourth-order valence-corrected chi connectivity index (χ4v) is 2.31. The van der Waals surface area contributed by atoms with E-state index in [1.807, 2.05) is 13.0 Å². The van der Waals surface area contributed by atoms with Crippen LogP contribution in [0.4, 0.5) is 0 Å². The van der Waals surface area contributed by atoms with Gasteiger partial charge in [0.05, 0.1) is 6.61 Å². The van der Waals surface area contributed by atoms with Crippen LogP contribution >= 0.6 is 0 Å². The van der Waals surface area contributed by atoms with Crippen molar-refractivity contribution in [2.24, 2.45) is 0 Å². The fraction of sp³-hybridized carbons (Fsp3) is 0.842. The number of carbonyl (C=O) groups is 1. The highest BCUT2D eigenvalue weighted by atomic mass is 16.5. The topological polar surface area (TPSA) is 26.3 Å². The number of allylic oxidation sites excluding steroid dienone is 1.